The minimum absolute atomic E-state index is 0.0178. The second-order valence-corrected chi connectivity index (χ2v) is 3.02. The molecule has 4 heteroatoms. The zero-order valence-corrected chi connectivity index (χ0v) is 7.89. The fourth-order valence-corrected chi connectivity index (χ4v) is 1.24. The average Bonchev–Trinajstić information content (AvgIpc) is 2.18. The van der Waals surface area contributed by atoms with Crippen molar-refractivity contribution in [2.45, 2.75) is 19.3 Å². The summed E-state index contributed by atoms with van der Waals surface area (Å²) in [6, 6.07) is 7.45. The molecule has 0 aliphatic carbocycles. The topological polar surface area (TPSA) is 75.7 Å². The Labute approximate surface area is 82.9 Å². The van der Waals surface area contributed by atoms with E-state index in [9.17, 15) is 0 Å². The van der Waals surface area contributed by atoms with E-state index in [1.165, 1.54) is 0 Å². The van der Waals surface area contributed by atoms with Gasteiger partial charge in [-0.2, -0.15) is 0 Å². The lowest BCUT2D eigenvalue weighted by Gasteiger charge is -2.11. The summed E-state index contributed by atoms with van der Waals surface area (Å²) in [6.45, 7) is -0.356. The van der Waals surface area contributed by atoms with Crippen molar-refractivity contribution in [3.63, 3.8) is 0 Å². The first-order chi connectivity index (χ1) is 6.76. The van der Waals surface area contributed by atoms with Crippen LogP contribution in [0.15, 0.2) is 24.3 Å². The number of ether oxygens (including phenoxy) is 1. The van der Waals surface area contributed by atoms with Crippen LogP contribution in [0.25, 0.3) is 0 Å². The molecule has 0 radical (unpaired) electrons. The number of benzene rings is 1. The van der Waals surface area contributed by atoms with E-state index in [0.717, 1.165) is 11.1 Å². The second kappa shape index (κ2) is 5.72. The molecule has 0 saturated carbocycles. The van der Waals surface area contributed by atoms with Gasteiger partial charge in [0, 0.05) is 6.42 Å². The first-order valence-corrected chi connectivity index (χ1v) is 4.43. The van der Waals surface area contributed by atoms with Crippen molar-refractivity contribution in [1.82, 2.24) is 0 Å². The monoisotopic (exact) mass is 197 g/mol. The highest BCUT2D eigenvalue weighted by Crippen LogP contribution is 2.07. The fourth-order valence-electron chi connectivity index (χ4n) is 1.24. The van der Waals surface area contributed by atoms with E-state index in [4.69, 9.17) is 20.7 Å². The molecule has 0 heterocycles. The Morgan fingerprint density at radius 3 is 2.64 bits per heavy atom. The maximum absolute atomic E-state index is 8.90. The maximum atomic E-state index is 8.90. The van der Waals surface area contributed by atoms with E-state index >= 15 is 0 Å². The van der Waals surface area contributed by atoms with E-state index in [0.29, 0.717) is 6.42 Å². The fraction of sp³-hybridized carbons (Fsp3) is 0.400. The van der Waals surface area contributed by atoms with E-state index in [-0.39, 0.29) is 13.4 Å². The van der Waals surface area contributed by atoms with Gasteiger partial charge in [0.2, 0.25) is 0 Å². The van der Waals surface area contributed by atoms with E-state index in [2.05, 4.69) is 0 Å². The highest BCUT2D eigenvalue weighted by Gasteiger charge is 2.03. The average molecular weight is 197 g/mol. The number of aliphatic hydroxyl groups is 2. The van der Waals surface area contributed by atoms with Crippen LogP contribution in [0.3, 0.4) is 0 Å². The minimum atomic E-state index is -0.506. The summed E-state index contributed by atoms with van der Waals surface area (Å²) in [5.74, 6) is 0. The molecule has 14 heavy (non-hydrogen) atoms. The number of hydrogen-bond acceptors (Lipinski definition) is 4. The zero-order valence-electron chi connectivity index (χ0n) is 7.89. The number of aliphatic hydroxyl groups excluding tert-OH is 2. The Bertz CT molecular complexity index is 278. The third-order valence-corrected chi connectivity index (χ3v) is 1.90. The van der Waals surface area contributed by atoms with E-state index in [1.807, 2.05) is 24.3 Å². The summed E-state index contributed by atoms with van der Waals surface area (Å²) in [7, 11) is 0. The molecule has 0 aromatic heterocycles. The standard InChI is InChI=1S/C10H15NO3/c11-10(14-7-13)5-8-2-1-3-9(4-8)6-12/h1-4,10,12-13H,5-7,11H2. The van der Waals surface area contributed by atoms with Crippen LogP contribution in [-0.4, -0.2) is 23.2 Å². The Hall–Kier alpha value is -0.940. The molecule has 1 aromatic carbocycles. The highest BCUT2D eigenvalue weighted by molar-refractivity contribution is 5.23. The van der Waals surface area contributed by atoms with E-state index < -0.39 is 6.23 Å². The van der Waals surface area contributed by atoms with Crippen LogP contribution >= 0.6 is 0 Å². The Morgan fingerprint density at radius 2 is 2.00 bits per heavy atom. The lowest BCUT2D eigenvalue weighted by atomic mass is 10.1. The summed E-state index contributed by atoms with van der Waals surface area (Å²) in [6.07, 6.45) is 0.0166. The molecule has 0 aliphatic heterocycles. The SMILES string of the molecule is NC(Cc1cccc(CO)c1)OCO. The third kappa shape index (κ3) is 3.43. The van der Waals surface area contributed by atoms with Gasteiger partial charge in [0.25, 0.3) is 0 Å². The van der Waals surface area contributed by atoms with Gasteiger partial charge in [-0.25, -0.2) is 0 Å². The lowest BCUT2D eigenvalue weighted by molar-refractivity contribution is -0.0466. The lowest BCUT2D eigenvalue weighted by Crippen LogP contribution is -2.26. The Morgan fingerprint density at radius 1 is 1.29 bits per heavy atom. The molecule has 1 atom stereocenters. The Balaban J connectivity index is 2.57. The van der Waals surface area contributed by atoms with Crippen molar-refractivity contribution in [3.8, 4) is 0 Å². The molecule has 0 spiro atoms. The van der Waals surface area contributed by atoms with Gasteiger partial charge in [-0.15, -0.1) is 0 Å². The van der Waals surface area contributed by atoms with Gasteiger partial charge in [0.15, 0.2) is 0 Å². The second-order valence-electron chi connectivity index (χ2n) is 3.02. The first-order valence-electron chi connectivity index (χ1n) is 4.43. The summed E-state index contributed by atoms with van der Waals surface area (Å²) >= 11 is 0. The van der Waals surface area contributed by atoms with Gasteiger partial charge in [0.05, 0.1) is 6.61 Å². The molecule has 0 fully saturated rings. The molecule has 1 rings (SSSR count). The molecule has 78 valence electrons. The van der Waals surface area contributed by atoms with Gasteiger partial charge in [-0.1, -0.05) is 24.3 Å². The summed E-state index contributed by atoms with van der Waals surface area (Å²) in [5, 5.41) is 17.4. The molecule has 0 saturated heterocycles. The van der Waals surface area contributed by atoms with Gasteiger partial charge in [-0.05, 0) is 11.1 Å². The van der Waals surface area contributed by atoms with Crippen LogP contribution in [0.1, 0.15) is 11.1 Å². The van der Waals surface area contributed by atoms with E-state index in [1.54, 1.807) is 0 Å². The first kappa shape index (κ1) is 11.1. The van der Waals surface area contributed by atoms with Crippen LogP contribution in [0.2, 0.25) is 0 Å². The number of hydrogen-bond donors (Lipinski definition) is 3. The van der Waals surface area contributed by atoms with Crippen molar-refractivity contribution in [3.05, 3.63) is 35.4 Å². The summed E-state index contributed by atoms with van der Waals surface area (Å²) in [5.41, 5.74) is 7.39. The van der Waals surface area contributed by atoms with Crippen LogP contribution in [-0.2, 0) is 17.8 Å². The van der Waals surface area contributed by atoms with Gasteiger partial charge >= 0.3 is 0 Å². The molecule has 4 N–H and O–H groups in total. The van der Waals surface area contributed by atoms with Gasteiger partial charge in [0.1, 0.15) is 13.0 Å². The minimum Gasteiger partial charge on any atom is -0.392 e. The molecule has 0 bridgehead atoms. The summed E-state index contributed by atoms with van der Waals surface area (Å²) in [4.78, 5) is 0. The van der Waals surface area contributed by atoms with Crippen molar-refractivity contribution in [2.24, 2.45) is 5.73 Å². The molecule has 4 nitrogen and oxygen atoms in total. The molecule has 0 aliphatic rings. The van der Waals surface area contributed by atoms with Crippen LogP contribution < -0.4 is 5.73 Å². The van der Waals surface area contributed by atoms with Crippen molar-refractivity contribution in [2.75, 3.05) is 6.79 Å². The Kier molecular flexibility index (Phi) is 4.55. The number of nitrogens with two attached hydrogens (primary N) is 1. The van der Waals surface area contributed by atoms with Crippen LogP contribution in [0, 0.1) is 0 Å². The molecular weight excluding hydrogens is 182 g/mol. The van der Waals surface area contributed by atoms with Gasteiger partial charge < -0.3 is 20.7 Å². The largest absolute Gasteiger partial charge is 0.392 e. The zero-order chi connectivity index (χ0) is 10.4. The highest BCUT2D eigenvalue weighted by atomic mass is 16.6. The molecule has 1 aromatic rings. The van der Waals surface area contributed by atoms with Crippen LogP contribution in [0.4, 0.5) is 0 Å². The normalized spacial score (nSPS) is 12.8. The molecule has 0 amide bonds. The molecule has 1 unspecified atom stereocenters. The smallest absolute Gasteiger partial charge is 0.145 e. The number of rotatable bonds is 5. The molecular formula is C10H15NO3. The quantitative estimate of drug-likeness (QED) is 0.579. The predicted octanol–water partition coefficient (Wildman–Crippen LogP) is -0.0274. The van der Waals surface area contributed by atoms with Crippen molar-refractivity contribution in [1.29, 1.82) is 0 Å². The van der Waals surface area contributed by atoms with Crippen LogP contribution in [0.5, 0.6) is 0 Å². The maximum Gasteiger partial charge on any atom is 0.145 e. The predicted molar refractivity (Wildman–Crippen MR) is 52.2 cm³/mol. The van der Waals surface area contributed by atoms with Gasteiger partial charge in [-0.3, -0.25) is 0 Å². The summed E-state index contributed by atoms with van der Waals surface area (Å²) < 4.78 is 4.79. The van der Waals surface area contributed by atoms with Crippen molar-refractivity contribution >= 4 is 0 Å². The van der Waals surface area contributed by atoms with Crippen molar-refractivity contribution < 1.29 is 14.9 Å². The third-order valence-electron chi connectivity index (χ3n) is 1.90.